The van der Waals surface area contributed by atoms with E-state index in [1.54, 1.807) is 25.2 Å². The number of aromatic hydroxyl groups is 1. The van der Waals surface area contributed by atoms with Crippen molar-refractivity contribution in [3.05, 3.63) is 72.3 Å². The lowest BCUT2D eigenvalue weighted by Crippen LogP contribution is -2.13. The van der Waals surface area contributed by atoms with Crippen LogP contribution in [-0.2, 0) is 16.6 Å². The fourth-order valence-corrected chi connectivity index (χ4v) is 3.76. The van der Waals surface area contributed by atoms with Crippen LogP contribution in [0.25, 0.3) is 22.3 Å². The standard InChI is InChI=1S/C20H20N2O3S/c1-22-13-15-11-12-16(14-7-3-2-4-8-14)19(20(15)23)17-9-5-6-10-18(17)26(21,24)25/h2-12,22-23H,13H2,1H3,(H2,21,24,25). The number of hydrogen-bond acceptors (Lipinski definition) is 4. The number of phenolic OH excluding ortho intramolecular Hbond substituents is 1. The summed E-state index contributed by atoms with van der Waals surface area (Å²) in [4.78, 5) is -0.0194. The molecule has 0 atom stereocenters. The van der Waals surface area contributed by atoms with Crippen molar-refractivity contribution in [1.82, 2.24) is 5.32 Å². The SMILES string of the molecule is CNCc1ccc(-c2ccccc2)c(-c2ccccc2S(N)(=O)=O)c1O. The molecule has 3 rings (SSSR count). The minimum absolute atomic E-state index is 0.0194. The Labute approximate surface area is 153 Å². The first-order chi connectivity index (χ1) is 12.4. The maximum Gasteiger partial charge on any atom is 0.238 e. The highest BCUT2D eigenvalue weighted by Gasteiger charge is 2.22. The van der Waals surface area contributed by atoms with Crippen LogP contribution < -0.4 is 10.5 Å². The number of sulfonamides is 1. The molecule has 3 aromatic carbocycles. The average molecular weight is 368 g/mol. The molecule has 0 heterocycles. The molecule has 0 aliphatic rings. The molecule has 0 aliphatic carbocycles. The zero-order chi connectivity index (χ0) is 18.7. The Morgan fingerprint density at radius 2 is 1.58 bits per heavy atom. The second kappa shape index (κ2) is 7.29. The van der Waals surface area contributed by atoms with E-state index in [9.17, 15) is 13.5 Å². The van der Waals surface area contributed by atoms with Gasteiger partial charge >= 0.3 is 0 Å². The van der Waals surface area contributed by atoms with Gasteiger partial charge in [0.2, 0.25) is 10.0 Å². The summed E-state index contributed by atoms with van der Waals surface area (Å²) in [6.45, 7) is 0.450. The first-order valence-corrected chi connectivity index (χ1v) is 9.65. The number of nitrogens with one attached hydrogen (secondary N) is 1. The van der Waals surface area contributed by atoms with Crippen LogP contribution in [-0.4, -0.2) is 20.6 Å². The van der Waals surface area contributed by atoms with Gasteiger partial charge in [0.25, 0.3) is 0 Å². The van der Waals surface area contributed by atoms with Gasteiger partial charge in [-0.25, -0.2) is 13.6 Å². The molecule has 3 aromatic rings. The number of benzene rings is 3. The van der Waals surface area contributed by atoms with Crippen LogP contribution in [0.5, 0.6) is 5.75 Å². The number of hydrogen-bond donors (Lipinski definition) is 3. The van der Waals surface area contributed by atoms with E-state index in [4.69, 9.17) is 5.14 Å². The van der Waals surface area contributed by atoms with E-state index < -0.39 is 10.0 Å². The largest absolute Gasteiger partial charge is 0.507 e. The van der Waals surface area contributed by atoms with Gasteiger partial charge in [-0.3, -0.25) is 0 Å². The zero-order valence-corrected chi connectivity index (χ0v) is 15.1. The Morgan fingerprint density at radius 1 is 0.923 bits per heavy atom. The molecule has 0 unspecified atom stereocenters. The smallest absolute Gasteiger partial charge is 0.238 e. The van der Waals surface area contributed by atoms with Crippen molar-refractivity contribution in [2.75, 3.05) is 7.05 Å². The molecule has 0 bridgehead atoms. The highest BCUT2D eigenvalue weighted by Crippen LogP contribution is 2.42. The third-order valence-electron chi connectivity index (χ3n) is 4.18. The molecule has 0 radical (unpaired) electrons. The van der Waals surface area contributed by atoms with Crippen LogP contribution >= 0.6 is 0 Å². The molecule has 0 aliphatic heterocycles. The Hall–Kier alpha value is -2.67. The summed E-state index contributed by atoms with van der Waals surface area (Å²) < 4.78 is 24.2. The van der Waals surface area contributed by atoms with Gasteiger partial charge in [0, 0.05) is 23.2 Å². The molecule has 4 N–H and O–H groups in total. The fourth-order valence-electron chi connectivity index (χ4n) is 3.02. The van der Waals surface area contributed by atoms with E-state index in [1.165, 1.54) is 6.07 Å². The predicted octanol–water partition coefficient (Wildman–Crippen LogP) is 3.09. The summed E-state index contributed by atoms with van der Waals surface area (Å²) in [6, 6.07) is 19.7. The van der Waals surface area contributed by atoms with E-state index in [0.717, 1.165) is 11.1 Å². The second-order valence-electron chi connectivity index (χ2n) is 5.93. The lowest BCUT2D eigenvalue weighted by Gasteiger charge is -2.17. The maximum absolute atomic E-state index is 12.1. The molecule has 134 valence electrons. The molecule has 5 nitrogen and oxygen atoms in total. The maximum atomic E-state index is 12.1. The number of nitrogens with two attached hydrogens (primary N) is 1. The van der Waals surface area contributed by atoms with Crippen LogP contribution in [0.15, 0.2) is 71.6 Å². The molecule has 0 spiro atoms. The van der Waals surface area contributed by atoms with Gasteiger partial charge in [0.05, 0.1) is 4.90 Å². The van der Waals surface area contributed by atoms with E-state index in [2.05, 4.69) is 5.32 Å². The van der Waals surface area contributed by atoms with Crippen molar-refractivity contribution in [2.45, 2.75) is 11.4 Å². The van der Waals surface area contributed by atoms with Crippen LogP contribution in [0.1, 0.15) is 5.56 Å². The Bertz CT molecular complexity index is 1030. The van der Waals surface area contributed by atoms with Gasteiger partial charge in [0.1, 0.15) is 5.75 Å². The summed E-state index contributed by atoms with van der Waals surface area (Å²) in [5.74, 6) is 0.0387. The van der Waals surface area contributed by atoms with Crippen molar-refractivity contribution in [1.29, 1.82) is 0 Å². The molecule has 0 saturated heterocycles. The number of rotatable bonds is 5. The van der Waals surface area contributed by atoms with E-state index >= 15 is 0 Å². The first-order valence-electron chi connectivity index (χ1n) is 8.10. The van der Waals surface area contributed by atoms with Crippen molar-refractivity contribution in [3.8, 4) is 28.0 Å². The van der Waals surface area contributed by atoms with Crippen molar-refractivity contribution < 1.29 is 13.5 Å². The molecule has 0 fully saturated rings. The average Bonchev–Trinajstić information content (AvgIpc) is 2.63. The molecule has 0 amide bonds. The van der Waals surface area contributed by atoms with Gasteiger partial charge < -0.3 is 10.4 Å². The Morgan fingerprint density at radius 3 is 2.23 bits per heavy atom. The third kappa shape index (κ3) is 3.48. The Balaban J connectivity index is 2.38. The van der Waals surface area contributed by atoms with Gasteiger partial charge in [-0.2, -0.15) is 0 Å². The molecule has 0 saturated carbocycles. The monoisotopic (exact) mass is 368 g/mol. The zero-order valence-electron chi connectivity index (χ0n) is 14.3. The lowest BCUT2D eigenvalue weighted by atomic mass is 9.91. The second-order valence-corrected chi connectivity index (χ2v) is 7.46. The predicted molar refractivity (Wildman–Crippen MR) is 103 cm³/mol. The quantitative estimate of drug-likeness (QED) is 0.645. The third-order valence-corrected chi connectivity index (χ3v) is 5.15. The molecular formula is C20H20N2O3S. The van der Waals surface area contributed by atoms with Crippen LogP contribution in [0, 0.1) is 0 Å². The van der Waals surface area contributed by atoms with E-state index in [-0.39, 0.29) is 10.6 Å². The van der Waals surface area contributed by atoms with Gasteiger partial charge in [-0.15, -0.1) is 0 Å². The minimum Gasteiger partial charge on any atom is -0.507 e. The van der Waals surface area contributed by atoms with E-state index in [1.807, 2.05) is 42.5 Å². The van der Waals surface area contributed by atoms with Gasteiger partial charge in [-0.05, 0) is 24.2 Å². The van der Waals surface area contributed by atoms with E-state index in [0.29, 0.717) is 23.2 Å². The normalized spacial score (nSPS) is 11.5. The first kappa shape index (κ1) is 18.1. The summed E-state index contributed by atoms with van der Waals surface area (Å²) >= 11 is 0. The minimum atomic E-state index is -3.95. The van der Waals surface area contributed by atoms with Crippen molar-refractivity contribution in [3.63, 3.8) is 0 Å². The van der Waals surface area contributed by atoms with Crippen molar-refractivity contribution in [2.24, 2.45) is 5.14 Å². The van der Waals surface area contributed by atoms with Gasteiger partial charge in [0.15, 0.2) is 0 Å². The highest BCUT2D eigenvalue weighted by atomic mass is 32.2. The Kier molecular flexibility index (Phi) is 5.08. The molecular weight excluding hydrogens is 348 g/mol. The fraction of sp³-hybridized carbons (Fsp3) is 0.100. The molecule has 26 heavy (non-hydrogen) atoms. The highest BCUT2D eigenvalue weighted by molar-refractivity contribution is 7.89. The number of primary sulfonamides is 1. The van der Waals surface area contributed by atoms with Crippen molar-refractivity contribution >= 4 is 10.0 Å². The van der Waals surface area contributed by atoms with Gasteiger partial charge in [-0.1, -0.05) is 60.7 Å². The van der Waals surface area contributed by atoms with Crippen LogP contribution in [0.2, 0.25) is 0 Å². The van der Waals surface area contributed by atoms with Crippen LogP contribution in [0.4, 0.5) is 0 Å². The molecule has 6 heteroatoms. The molecule has 0 aromatic heterocycles. The number of phenols is 1. The summed E-state index contributed by atoms with van der Waals surface area (Å²) in [5, 5.41) is 19.3. The summed E-state index contributed by atoms with van der Waals surface area (Å²) in [6.07, 6.45) is 0. The topological polar surface area (TPSA) is 92.4 Å². The van der Waals surface area contributed by atoms with Crippen LogP contribution in [0.3, 0.4) is 0 Å². The summed E-state index contributed by atoms with van der Waals surface area (Å²) in [5.41, 5.74) is 3.11. The summed E-state index contributed by atoms with van der Waals surface area (Å²) in [7, 11) is -2.17. The lowest BCUT2D eigenvalue weighted by molar-refractivity contribution is 0.468.